The van der Waals surface area contributed by atoms with Gasteiger partial charge in [0.1, 0.15) is 6.61 Å². The SMILES string of the molecule is COc1cc(CC(C)N)cc(Br)c1OCCOC(C)C. The van der Waals surface area contributed by atoms with Crippen molar-refractivity contribution in [2.45, 2.75) is 39.3 Å². The second kappa shape index (κ2) is 8.49. The zero-order valence-corrected chi connectivity index (χ0v) is 14.2. The molecular formula is C15H24BrNO3. The number of rotatable bonds is 8. The summed E-state index contributed by atoms with van der Waals surface area (Å²) in [6.45, 7) is 7.02. The summed E-state index contributed by atoms with van der Waals surface area (Å²) in [5.41, 5.74) is 6.95. The lowest BCUT2D eigenvalue weighted by molar-refractivity contribution is 0.0545. The maximum atomic E-state index is 5.83. The summed E-state index contributed by atoms with van der Waals surface area (Å²) in [5, 5.41) is 0. The van der Waals surface area contributed by atoms with Crippen molar-refractivity contribution in [2.24, 2.45) is 5.73 Å². The minimum atomic E-state index is 0.109. The van der Waals surface area contributed by atoms with Crippen LogP contribution in [0.25, 0.3) is 0 Å². The van der Waals surface area contributed by atoms with Crippen LogP contribution in [0, 0.1) is 0 Å². The monoisotopic (exact) mass is 345 g/mol. The van der Waals surface area contributed by atoms with Crippen LogP contribution in [0.5, 0.6) is 11.5 Å². The molecule has 0 saturated heterocycles. The van der Waals surface area contributed by atoms with Crippen LogP contribution in [0.3, 0.4) is 0 Å². The highest BCUT2D eigenvalue weighted by Crippen LogP contribution is 2.36. The molecule has 0 aromatic heterocycles. The molecule has 20 heavy (non-hydrogen) atoms. The van der Waals surface area contributed by atoms with Gasteiger partial charge in [-0.2, -0.15) is 0 Å². The van der Waals surface area contributed by atoms with Crippen LogP contribution >= 0.6 is 15.9 Å². The molecule has 0 spiro atoms. The van der Waals surface area contributed by atoms with Gasteiger partial charge in [0.15, 0.2) is 11.5 Å². The summed E-state index contributed by atoms with van der Waals surface area (Å²) in [7, 11) is 1.63. The van der Waals surface area contributed by atoms with Crippen molar-refractivity contribution in [3.63, 3.8) is 0 Å². The number of hydrogen-bond acceptors (Lipinski definition) is 4. The highest BCUT2D eigenvalue weighted by molar-refractivity contribution is 9.10. The van der Waals surface area contributed by atoms with Gasteiger partial charge in [0.2, 0.25) is 0 Å². The molecule has 2 N–H and O–H groups in total. The van der Waals surface area contributed by atoms with E-state index in [1.54, 1.807) is 7.11 Å². The van der Waals surface area contributed by atoms with E-state index in [0.717, 1.165) is 16.5 Å². The summed E-state index contributed by atoms with van der Waals surface area (Å²) in [5.74, 6) is 1.41. The average Bonchev–Trinajstić information content (AvgIpc) is 2.34. The zero-order valence-electron chi connectivity index (χ0n) is 12.6. The Morgan fingerprint density at radius 3 is 2.45 bits per heavy atom. The molecule has 1 aromatic rings. The van der Waals surface area contributed by atoms with E-state index >= 15 is 0 Å². The third-order valence-electron chi connectivity index (χ3n) is 2.63. The third-order valence-corrected chi connectivity index (χ3v) is 3.22. The number of hydrogen-bond donors (Lipinski definition) is 1. The molecule has 1 unspecified atom stereocenters. The molecule has 0 heterocycles. The first kappa shape index (κ1) is 17.3. The molecule has 1 rings (SSSR count). The molecule has 1 aromatic carbocycles. The molecule has 0 aliphatic heterocycles. The van der Waals surface area contributed by atoms with Crippen LogP contribution in [-0.4, -0.2) is 32.5 Å². The fourth-order valence-corrected chi connectivity index (χ4v) is 2.43. The zero-order chi connectivity index (χ0) is 15.1. The molecule has 0 fully saturated rings. The predicted molar refractivity (Wildman–Crippen MR) is 84.6 cm³/mol. The number of methoxy groups -OCH3 is 1. The van der Waals surface area contributed by atoms with Gasteiger partial charge in [-0.1, -0.05) is 0 Å². The van der Waals surface area contributed by atoms with Crippen molar-refractivity contribution >= 4 is 15.9 Å². The quantitative estimate of drug-likeness (QED) is 0.735. The second-order valence-corrected chi connectivity index (χ2v) is 5.91. The normalized spacial score (nSPS) is 12.6. The van der Waals surface area contributed by atoms with Crippen LogP contribution in [0.4, 0.5) is 0 Å². The molecule has 0 amide bonds. The van der Waals surface area contributed by atoms with Crippen LogP contribution in [0.2, 0.25) is 0 Å². The fourth-order valence-electron chi connectivity index (χ4n) is 1.83. The molecule has 4 nitrogen and oxygen atoms in total. The Balaban J connectivity index is 2.74. The standard InChI is InChI=1S/C15H24BrNO3/c1-10(2)19-5-6-20-15-13(16)8-12(7-11(3)17)9-14(15)18-4/h8-11H,5-7,17H2,1-4H3. The van der Waals surface area contributed by atoms with Gasteiger partial charge in [0, 0.05) is 6.04 Å². The van der Waals surface area contributed by atoms with E-state index in [9.17, 15) is 0 Å². The Kier molecular flexibility index (Phi) is 7.34. The first-order chi connectivity index (χ1) is 9.43. The van der Waals surface area contributed by atoms with Crippen molar-refractivity contribution < 1.29 is 14.2 Å². The van der Waals surface area contributed by atoms with Gasteiger partial charge in [-0.15, -0.1) is 0 Å². The van der Waals surface area contributed by atoms with Crippen molar-refractivity contribution in [3.8, 4) is 11.5 Å². The summed E-state index contributed by atoms with van der Waals surface area (Å²) >= 11 is 3.52. The summed E-state index contributed by atoms with van der Waals surface area (Å²) < 4.78 is 17.5. The third kappa shape index (κ3) is 5.69. The first-order valence-corrected chi connectivity index (χ1v) is 7.59. The lowest BCUT2D eigenvalue weighted by Gasteiger charge is -2.15. The second-order valence-electron chi connectivity index (χ2n) is 5.06. The van der Waals surface area contributed by atoms with Crippen LogP contribution in [-0.2, 0) is 11.2 Å². The molecule has 1 atom stereocenters. The lowest BCUT2D eigenvalue weighted by atomic mass is 10.1. The van der Waals surface area contributed by atoms with Gasteiger partial charge >= 0.3 is 0 Å². The molecule has 0 aliphatic rings. The maximum absolute atomic E-state index is 5.83. The molecule has 0 saturated carbocycles. The fraction of sp³-hybridized carbons (Fsp3) is 0.600. The molecule has 114 valence electrons. The van der Waals surface area contributed by atoms with E-state index in [4.69, 9.17) is 19.9 Å². The van der Waals surface area contributed by atoms with E-state index in [2.05, 4.69) is 15.9 Å². The van der Waals surface area contributed by atoms with Gasteiger partial charge in [0.05, 0.1) is 24.3 Å². The van der Waals surface area contributed by atoms with Crippen LogP contribution in [0.1, 0.15) is 26.3 Å². The first-order valence-electron chi connectivity index (χ1n) is 6.80. The summed E-state index contributed by atoms with van der Waals surface area (Å²) in [6, 6.07) is 4.09. The maximum Gasteiger partial charge on any atom is 0.175 e. The van der Waals surface area contributed by atoms with E-state index in [1.807, 2.05) is 32.9 Å². The van der Waals surface area contributed by atoms with Gasteiger partial charge < -0.3 is 19.9 Å². The van der Waals surface area contributed by atoms with Gasteiger partial charge in [-0.25, -0.2) is 0 Å². The summed E-state index contributed by atoms with van der Waals surface area (Å²) in [6.07, 6.45) is 1.00. The number of nitrogens with two attached hydrogens (primary N) is 1. The topological polar surface area (TPSA) is 53.7 Å². The van der Waals surface area contributed by atoms with E-state index < -0.39 is 0 Å². The number of halogens is 1. The van der Waals surface area contributed by atoms with Gasteiger partial charge in [0.25, 0.3) is 0 Å². The molecule has 0 radical (unpaired) electrons. The van der Waals surface area contributed by atoms with E-state index in [0.29, 0.717) is 24.7 Å². The Labute approximate surface area is 129 Å². The van der Waals surface area contributed by atoms with E-state index in [-0.39, 0.29) is 12.1 Å². The minimum Gasteiger partial charge on any atom is -0.493 e. The van der Waals surface area contributed by atoms with Crippen LogP contribution < -0.4 is 15.2 Å². The number of ether oxygens (including phenoxy) is 3. The Morgan fingerprint density at radius 2 is 1.90 bits per heavy atom. The van der Waals surface area contributed by atoms with Crippen molar-refractivity contribution in [1.29, 1.82) is 0 Å². The Bertz CT molecular complexity index is 422. The molecule has 0 bridgehead atoms. The molecular weight excluding hydrogens is 322 g/mol. The summed E-state index contributed by atoms with van der Waals surface area (Å²) in [4.78, 5) is 0. The van der Waals surface area contributed by atoms with Crippen LogP contribution in [0.15, 0.2) is 16.6 Å². The molecule has 0 aliphatic carbocycles. The minimum absolute atomic E-state index is 0.109. The van der Waals surface area contributed by atoms with Crippen molar-refractivity contribution in [2.75, 3.05) is 20.3 Å². The van der Waals surface area contributed by atoms with Crippen molar-refractivity contribution in [3.05, 3.63) is 22.2 Å². The van der Waals surface area contributed by atoms with E-state index in [1.165, 1.54) is 0 Å². The van der Waals surface area contributed by atoms with Gasteiger partial charge in [-0.3, -0.25) is 0 Å². The molecule has 5 heteroatoms. The lowest BCUT2D eigenvalue weighted by Crippen LogP contribution is -2.18. The predicted octanol–water partition coefficient (Wildman–Crippen LogP) is 3.15. The largest absolute Gasteiger partial charge is 0.493 e. The number of benzene rings is 1. The van der Waals surface area contributed by atoms with Crippen molar-refractivity contribution in [1.82, 2.24) is 0 Å². The Hall–Kier alpha value is -0.780. The highest BCUT2D eigenvalue weighted by atomic mass is 79.9. The smallest absolute Gasteiger partial charge is 0.175 e. The average molecular weight is 346 g/mol. The Morgan fingerprint density at radius 1 is 1.20 bits per heavy atom. The van der Waals surface area contributed by atoms with Gasteiger partial charge in [-0.05, 0) is 60.8 Å². The highest BCUT2D eigenvalue weighted by Gasteiger charge is 2.12.